The van der Waals surface area contributed by atoms with E-state index >= 15 is 0 Å². The third-order valence-electron chi connectivity index (χ3n) is 4.26. The van der Waals surface area contributed by atoms with Gasteiger partial charge in [0, 0.05) is 55.9 Å². The molecule has 3 rings (SSSR count). The molecule has 0 saturated carbocycles. The van der Waals surface area contributed by atoms with E-state index in [1.165, 1.54) is 0 Å². The number of aromatic nitrogens is 1. The van der Waals surface area contributed by atoms with Gasteiger partial charge in [0.1, 0.15) is 5.82 Å². The summed E-state index contributed by atoms with van der Waals surface area (Å²) in [7, 11) is 0. The van der Waals surface area contributed by atoms with Crippen LogP contribution in [0.5, 0.6) is 0 Å². The zero-order valence-electron chi connectivity index (χ0n) is 14.8. The Labute approximate surface area is 166 Å². The van der Waals surface area contributed by atoms with Gasteiger partial charge in [-0.1, -0.05) is 6.07 Å². The number of anilines is 1. The van der Waals surface area contributed by atoms with Crippen molar-refractivity contribution in [2.75, 3.05) is 37.6 Å². The average molecular weight is 435 g/mol. The van der Waals surface area contributed by atoms with Gasteiger partial charge in [-0.2, -0.15) is 0 Å². The van der Waals surface area contributed by atoms with Crippen LogP contribution in [0.4, 0.5) is 5.82 Å². The van der Waals surface area contributed by atoms with Gasteiger partial charge < -0.3 is 10.2 Å². The summed E-state index contributed by atoms with van der Waals surface area (Å²) in [4.78, 5) is 22.2. The molecule has 0 bridgehead atoms. The minimum atomic E-state index is -0.0471. The van der Waals surface area contributed by atoms with Gasteiger partial charge in [0.2, 0.25) is 5.91 Å². The topological polar surface area (TPSA) is 48.5 Å². The van der Waals surface area contributed by atoms with Crippen LogP contribution < -0.4 is 10.2 Å². The van der Waals surface area contributed by atoms with Gasteiger partial charge in [-0.3, -0.25) is 9.69 Å². The molecule has 1 fully saturated rings. The fourth-order valence-corrected chi connectivity index (χ4v) is 4.33. The molecule has 7 heteroatoms. The number of nitrogens with zero attached hydrogens (tertiary/aromatic N) is 3. The lowest BCUT2D eigenvalue weighted by Crippen LogP contribution is -2.50. The van der Waals surface area contributed by atoms with Crippen LogP contribution in [0.25, 0.3) is 6.08 Å². The molecule has 0 radical (unpaired) electrons. The number of carbonyl (C=O) groups is 1. The summed E-state index contributed by atoms with van der Waals surface area (Å²) in [5, 5.41) is 3.05. The number of hydrogen-bond donors (Lipinski definition) is 1. The predicted octanol–water partition coefficient (Wildman–Crippen LogP) is 3.25. The number of rotatable bonds is 6. The summed E-state index contributed by atoms with van der Waals surface area (Å²) < 4.78 is 1.07. The van der Waals surface area contributed by atoms with Crippen molar-refractivity contribution in [2.45, 2.75) is 13.0 Å². The Hall–Kier alpha value is -1.70. The van der Waals surface area contributed by atoms with Gasteiger partial charge in [0.05, 0.1) is 3.79 Å². The number of pyridine rings is 1. The molecule has 1 saturated heterocycles. The van der Waals surface area contributed by atoms with E-state index in [0.717, 1.165) is 47.2 Å². The minimum absolute atomic E-state index is 0.0471. The highest BCUT2D eigenvalue weighted by atomic mass is 79.9. The molecular weight excluding hydrogens is 412 g/mol. The quantitative estimate of drug-likeness (QED) is 0.708. The smallest absolute Gasteiger partial charge is 0.244 e. The zero-order chi connectivity index (χ0) is 18.4. The summed E-state index contributed by atoms with van der Waals surface area (Å²) in [6, 6.07) is 10.1. The van der Waals surface area contributed by atoms with Crippen molar-refractivity contribution >= 4 is 45.1 Å². The third kappa shape index (κ3) is 5.65. The zero-order valence-corrected chi connectivity index (χ0v) is 17.2. The Kier molecular flexibility index (Phi) is 6.82. The molecule has 2 aromatic heterocycles. The van der Waals surface area contributed by atoms with E-state index in [4.69, 9.17) is 0 Å². The highest BCUT2D eigenvalue weighted by Crippen LogP contribution is 2.22. The Bertz CT molecular complexity index is 741. The van der Waals surface area contributed by atoms with Crippen LogP contribution in [0.3, 0.4) is 0 Å². The van der Waals surface area contributed by atoms with Gasteiger partial charge in [-0.15, -0.1) is 11.3 Å². The van der Waals surface area contributed by atoms with Gasteiger partial charge in [0.15, 0.2) is 0 Å². The Morgan fingerprint density at radius 3 is 2.77 bits per heavy atom. The van der Waals surface area contributed by atoms with Crippen molar-refractivity contribution in [2.24, 2.45) is 0 Å². The summed E-state index contributed by atoms with van der Waals surface area (Å²) in [5.74, 6) is 0.994. The Balaban J connectivity index is 1.40. The molecule has 0 spiro atoms. The minimum Gasteiger partial charge on any atom is -0.354 e. The first-order chi connectivity index (χ1) is 12.6. The molecule has 2 aromatic rings. The maximum atomic E-state index is 12.1. The molecule has 1 atom stereocenters. The van der Waals surface area contributed by atoms with Gasteiger partial charge in [-0.05, 0) is 53.2 Å². The number of hydrogen-bond acceptors (Lipinski definition) is 5. The van der Waals surface area contributed by atoms with Gasteiger partial charge in [-0.25, -0.2) is 4.98 Å². The molecule has 1 amide bonds. The molecule has 1 unspecified atom stereocenters. The fraction of sp³-hybridized carbons (Fsp3) is 0.368. The average Bonchev–Trinajstić information content (AvgIpc) is 3.07. The molecule has 0 aliphatic carbocycles. The molecule has 1 aliphatic heterocycles. The molecule has 26 heavy (non-hydrogen) atoms. The number of amides is 1. The fourth-order valence-electron chi connectivity index (χ4n) is 3.00. The number of nitrogens with one attached hydrogen (secondary N) is 1. The monoisotopic (exact) mass is 434 g/mol. The van der Waals surface area contributed by atoms with E-state index in [2.05, 4.69) is 49.0 Å². The van der Waals surface area contributed by atoms with Crippen LogP contribution in [0.2, 0.25) is 0 Å². The number of piperazine rings is 1. The predicted molar refractivity (Wildman–Crippen MR) is 112 cm³/mol. The van der Waals surface area contributed by atoms with Crippen molar-refractivity contribution in [3.63, 3.8) is 0 Å². The molecular formula is C19H23BrN4OS. The normalized spacial score (nSPS) is 16.8. The standard InChI is InChI=1S/C19H23BrN4OS/c1-15(22-19(25)8-6-16-5-7-17(20)26-16)14-23-10-12-24(13-11-23)18-4-2-3-9-21-18/h2-9,15H,10-14H2,1H3,(H,22,25). The van der Waals surface area contributed by atoms with Crippen molar-refractivity contribution in [1.29, 1.82) is 0 Å². The van der Waals surface area contributed by atoms with E-state index in [1.807, 2.05) is 36.5 Å². The lowest BCUT2D eigenvalue weighted by molar-refractivity contribution is -0.117. The van der Waals surface area contributed by atoms with E-state index in [0.29, 0.717) is 0 Å². The van der Waals surface area contributed by atoms with Crippen LogP contribution in [-0.2, 0) is 4.79 Å². The maximum absolute atomic E-state index is 12.1. The first-order valence-corrected chi connectivity index (χ1v) is 10.3. The second-order valence-electron chi connectivity index (χ2n) is 6.36. The van der Waals surface area contributed by atoms with Crippen molar-refractivity contribution < 1.29 is 4.79 Å². The summed E-state index contributed by atoms with van der Waals surface area (Å²) in [6.07, 6.45) is 5.29. The summed E-state index contributed by atoms with van der Waals surface area (Å²) >= 11 is 5.03. The third-order valence-corrected chi connectivity index (χ3v) is 5.85. The summed E-state index contributed by atoms with van der Waals surface area (Å²) in [5.41, 5.74) is 0. The number of thiophene rings is 1. The molecule has 138 valence electrons. The van der Waals surface area contributed by atoms with Crippen LogP contribution in [0.15, 0.2) is 46.4 Å². The molecule has 5 nitrogen and oxygen atoms in total. The molecule has 1 aliphatic rings. The largest absolute Gasteiger partial charge is 0.354 e. The lowest BCUT2D eigenvalue weighted by atomic mass is 10.2. The molecule has 1 N–H and O–H groups in total. The van der Waals surface area contributed by atoms with E-state index in [-0.39, 0.29) is 11.9 Å². The van der Waals surface area contributed by atoms with Crippen molar-refractivity contribution in [1.82, 2.24) is 15.2 Å². The first-order valence-electron chi connectivity index (χ1n) is 8.72. The van der Waals surface area contributed by atoms with E-state index < -0.39 is 0 Å². The Morgan fingerprint density at radius 2 is 2.12 bits per heavy atom. The van der Waals surface area contributed by atoms with Gasteiger partial charge >= 0.3 is 0 Å². The molecule has 3 heterocycles. The second-order valence-corrected chi connectivity index (χ2v) is 8.86. The highest BCUT2D eigenvalue weighted by Gasteiger charge is 2.19. The SMILES string of the molecule is CC(CN1CCN(c2ccccn2)CC1)NC(=O)C=Cc1ccc(Br)s1. The van der Waals surface area contributed by atoms with Crippen LogP contribution in [0.1, 0.15) is 11.8 Å². The second kappa shape index (κ2) is 9.30. The van der Waals surface area contributed by atoms with Crippen LogP contribution in [-0.4, -0.2) is 54.6 Å². The Morgan fingerprint density at radius 1 is 1.31 bits per heavy atom. The maximum Gasteiger partial charge on any atom is 0.244 e. The van der Waals surface area contributed by atoms with Crippen molar-refractivity contribution in [3.8, 4) is 0 Å². The number of halogens is 1. The van der Waals surface area contributed by atoms with Crippen LogP contribution >= 0.6 is 27.3 Å². The van der Waals surface area contributed by atoms with E-state index in [9.17, 15) is 4.79 Å². The van der Waals surface area contributed by atoms with Crippen LogP contribution in [0, 0.1) is 0 Å². The summed E-state index contributed by atoms with van der Waals surface area (Å²) in [6.45, 7) is 6.81. The highest BCUT2D eigenvalue weighted by molar-refractivity contribution is 9.11. The van der Waals surface area contributed by atoms with Crippen molar-refractivity contribution in [3.05, 3.63) is 51.3 Å². The lowest BCUT2D eigenvalue weighted by Gasteiger charge is -2.36. The number of carbonyl (C=O) groups excluding carboxylic acids is 1. The van der Waals surface area contributed by atoms with Gasteiger partial charge in [0.25, 0.3) is 0 Å². The first kappa shape index (κ1) is 19.1. The molecule has 0 aromatic carbocycles. The van der Waals surface area contributed by atoms with E-state index in [1.54, 1.807) is 17.4 Å².